The lowest BCUT2D eigenvalue weighted by Gasteiger charge is -2.42. The van der Waals surface area contributed by atoms with Crippen LogP contribution >= 0.6 is 0 Å². The first-order chi connectivity index (χ1) is 15.2. The van der Waals surface area contributed by atoms with Gasteiger partial charge in [0.25, 0.3) is 0 Å². The molecule has 1 atom stereocenters. The minimum atomic E-state index is -0.236. The molecule has 0 radical (unpaired) electrons. The lowest BCUT2D eigenvalue weighted by molar-refractivity contribution is -0.789. The van der Waals surface area contributed by atoms with Crippen molar-refractivity contribution in [2.24, 2.45) is 7.05 Å². The summed E-state index contributed by atoms with van der Waals surface area (Å²) in [5.74, 6) is 1.18. The molecule has 0 spiro atoms. The van der Waals surface area contributed by atoms with Crippen molar-refractivity contribution in [3.63, 3.8) is 0 Å². The highest BCUT2D eigenvalue weighted by molar-refractivity contribution is 6.07. The average Bonchev–Trinajstić information content (AvgIpc) is 3.42. The normalized spacial score (nSPS) is 16.9. The molecule has 0 unspecified atom stereocenters. The summed E-state index contributed by atoms with van der Waals surface area (Å²) in [7, 11) is 2.13. The molecular weight excluding hydrogens is 396 g/mol. The lowest BCUT2D eigenvalue weighted by Crippen LogP contribution is -2.48. The first kappa shape index (κ1) is 20.7. The third-order valence-corrected chi connectivity index (χ3v) is 7.05. The second-order valence-electron chi connectivity index (χ2n) is 9.70. The topological polar surface area (TPSA) is 28.4 Å². The average molecular weight is 430 g/mol. The summed E-state index contributed by atoms with van der Waals surface area (Å²) in [4.78, 5) is 4.81. The van der Waals surface area contributed by atoms with E-state index in [-0.39, 0.29) is 11.7 Å². The quantitative estimate of drug-likeness (QED) is 0.374. The summed E-state index contributed by atoms with van der Waals surface area (Å²) in [5.41, 5.74) is 4.26. The standard InChI is InChI=1S/C27H33N4O/c1-18(2)31-15-14-24(28(31)7)29-16-17-30(20(29)4)27(5,6)26-19(3)12-13-23-25(26)21-10-8-9-11-22(21)32-23/h8-18,20H,1-7H3/q+1/t20-/m1/s1. The van der Waals surface area contributed by atoms with Gasteiger partial charge < -0.3 is 14.2 Å². The minimum absolute atomic E-state index is 0.173. The summed E-state index contributed by atoms with van der Waals surface area (Å²) >= 11 is 0. The molecule has 0 amide bonds. The van der Waals surface area contributed by atoms with Crippen LogP contribution in [0.1, 0.15) is 51.8 Å². The van der Waals surface area contributed by atoms with E-state index < -0.39 is 0 Å². The summed E-state index contributed by atoms with van der Waals surface area (Å²) in [5, 5.41) is 2.41. The maximum absolute atomic E-state index is 6.21. The van der Waals surface area contributed by atoms with Gasteiger partial charge in [-0.2, -0.15) is 0 Å². The van der Waals surface area contributed by atoms with Crippen molar-refractivity contribution in [1.82, 2.24) is 9.58 Å². The van der Waals surface area contributed by atoms with Crippen LogP contribution < -0.4 is 9.58 Å². The molecule has 0 N–H and O–H groups in total. The third kappa shape index (κ3) is 2.87. The molecule has 5 heteroatoms. The molecule has 1 aliphatic heterocycles. The fourth-order valence-electron chi connectivity index (χ4n) is 5.53. The van der Waals surface area contributed by atoms with Crippen molar-refractivity contribution in [1.29, 1.82) is 0 Å². The number of anilines is 1. The fraction of sp³-hybridized carbons (Fsp3) is 0.370. The largest absolute Gasteiger partial charge is 0.456 e. The maximum atomic E-state index is 6.21. The smallest absolute Gasteiger partial charge is 0.198 e. The molecule has 2 aromatic carbocycles. The van der Waals surface area contributed by atoms with Gasteiger partial charge in [-0.15, -0.1) is 9.36 Å². The number of rotatable bonds is 4. The zero-order valence-electron chi connectivity index (χ0n) is 20.1. The van der Waals surface area contributed by atoms with Crippen LogP contribution in [0.3, 0.4) is 0 Å². The fourth-order valence-corrected chi connectivity index (χ4v) is 5.53. The molecule has 5 nitrogen and oxygen atoms in total. The number of aromatic nitrogens is 2. The van der Waals surface area contributed by atoms with Crippen LogP contribution in [-0.4, -0.2) is 15.7 Å². The van der Waals surface area contributed by atoms with Gasteiger partial charge in [0.05, 0.1) is 18.7 Å². The molecule has 0 aliphatic carbocycles. The van der Waals surface area contributed by atoms with Gasteiger partial charge >= 0.3 is 0 Å². The molecule has 32 heavy (non-hydrogen) atoms. The predicted octanol–water partition coefficient (Wildman–Crippen LogP) is 5.98. The van der Waals surface area contributed by atoms with E-state index in [1.165, 1.54) is 27.7 Å². The number of hydrogen-bond donors (Lipinski definition) is 0. The summed E-state index contributed by atoms with van der Waals surface area (Å²) in [6.07, 6.45) is 6.77. The van der Waals surface area contributed by atoms with E-state index in [1.807, 2.05) is 6.07 Å². The number of para-hydroxylation sites is 1. The van der Waals surface area contributed by atoms with Gasteiger partial charge in [0.1, 0.15) is 17.3 Å². The zero-order chi connectivity index (χ0) is 22.8. The number of hydrogen-bond acceptors (Lipinski definition) is 3. The van der Waals surface area contributed by atoms with Gasteiger partial charge in [-0.3, -0.25) is 0 Å². The Morgan fingerprint density at radius 2 is 1.75 bits per heavy atom. The highest BCUT2D eigenvalue weighted by Crippen LogP contribution is 2.43. The van der Waals surface area contributed by atoms with Crippen molar-refractivity contribution >= 4 is 27.8 Å². The van der Waals surface area contributed by atoms with E-state index in [2.05, 4.69) is 123 Å². The SMILES string of the molecule is Cc1ccc2oc3ccccc3c2c1C(C)(C)N1C=CN(c2cc[n+](C(C)C)n2C)[C@H]1C. The Balaban J connectivity index is 1.60. The molecule has 166 valence electrons. The van der Waals surface area contributed by atoms with E-state index in [1.54, 1.807) is 0 Å². The first-order valence-corrected chi connectivity index (χ1v) is 11.5. The molecule has 0 bridgehead atoms. The van der Waals surface area contributed by atoms with Crippen LogP contribution in [0.15, 0.2) is 65.5 Å². The summed E-state index contributed by atoms with van der Waals surface area (Å²) in [6.45, 7) is 13.5. The molecule has 0 fully saturated rings. The summed E-state index contributed by atoms with van der Waals surface area (Å²) in [6, 6.07) is 15.3. The van der Waals surface area contributed by atoms with E-state index in [9.17, 15) is 0 Å². The van der Waals surface area contributed by atoms with Gasteiger partial charge in [0, 0.05) is 23.2 Å². The van der Waals surface area contributed by atoms with Crippen LogP contribution in [0.25, 0.3) is 21.9 Å². The predicted molar refractivity (Wildman–Crippen MR) is 130 cm³/mol. The van der Waals surface area contributed by atoms with E-state index >= 15 is 0 Å². The van der Waals surface area contributed by atoms with Crippen LogP contribution in [0.2, 0.25) is 0 Å². The Hall–Kier alpha value is -3.21. The molecule has 0 saturated heterocycles. The zero-order valence-corrected chi connectivity index (χ0v) is 20.1. The van der Waals surface area contributed by atoms with Crippen molar-refractivity contribution in [2.75, 3.05) is 4.90 Å². The van der Waals surface area contributed by atoms with Gasteiger partial charge in [-0.25, -0.2) is 0 Å². The molecule has 2 aromatic heterocycles. The third-order valence-electron chi connectivity index (χ3n) is 7.05. The maximum Gasteiger partial charge on any atom is 0.198 e. The molecule has 1 aliphatic rings. The van der Waals surface area contributed by atoms with Crippen LogP contribution in [0.5, 0.6) is 0 Å². The van der Waals surface area contributed by atoms with Crippen LogP contribution in [0.4, 0.5) is 5.82 Å². The Morgan fingerprint density at radius 1 is 1.00 bits per heavy atom. The van der Waals surface area contributed by atoms with Crippen LogP contribution in [0, 0.1) is 6.92 Å². The van der Waals surface area contributed by atoms with E-state index in [4.69, 9.17) is 4.42 Å². The van der Waals surface area contributed by atoms with Gasteiger partial charge in [-0.1, -0.05) is 24.3 Å². The number of aryl methyl sites for hydroxylation is 1. The van der Waals surface area contributed by atoms with Gasteiger partial charge in [0.2, 0.25) is 0 Å². The number of nitrogens with zero attached hydrogens (tertiary/aromatic N) is 4. The highest BCUT2D eigenvalue weighted by Gasteiger charge is 2.39. The Kier molecular flexibility index (Phi) is 4.63. The van der Waals surface area contributed by atoms with E-state index in [0.717, 1.165) is 11.2 Å². The Labute approximate surface area is 190 Å². The van der Waals surface area contributed by atoms with Crippen molar-refractivity contribution in [3.8, 4) is 0 Å². The number of fused-ring (bicyclic) bond motifs is 3. The van der Waals surface area contributed by atoms with Crippen LogP contribution in [-0.2, 0) is 12.6 Å². The Morgan fingerprint density at radius 3 is 2.47 bits per heavy atom. The molecule has 4 aromatic rings. The minimum Gasteiger partial charge on any atom is -0.456 e. The van der Waals surface area contributed by atoms with Gasteiger partial charge in [-0.05, 0) is 64.8 Å². The monoisotopic (exact) mass is 429 g/mol. The highest BCUT2D eigenvalue weighted by atomic mass is 16.3. The lowest BCUT2D eigenvalue weighted by atomic mass is 9.85. The van der Waals surface area contributed by atoms with Crippen molar-refractivity contribution in [3.05, 3.63) is 72.2 Å². The van der Waals surface area contributed by atoms with E-state index in [0.29, 0.717) is 6.04 Å². The van der Waals surface area contributed by atoms with Gasteiger partial charge in [0.15, 0.2) is 18.1 Å². The molecule has 3 heterocycles. The van der Waals surface area contributed by atoms with Crippen molar-refractivity contribution in [2.45, 2.75) is 59.3 Å². The first-order valence-electron chi connectivity index (χ1n) is 11.5. The summed E-state index contributed by atoms with van der Waals surface area (Å²) < 4.78 is 10.7. The molecular formula is C27H33N4O+. The molecule has 0 saturated carbocycles. The second kappa shape index (κ2) is 7.16. The second-order valence-corrected chi connectivity index (χ2v) is 9.70. The number of benzene rings is 2. The number of furan rings is 1. The molecule has 5 rings (SSSR count). The van der Waals surface area contributed by atoms with Crippen molar-refractivity contribution < 1.29 is 9.10 Å². The Bertz CT molecular complexity index is 1340.